The summed E-state index contributed by atoms with van der Waals surface area (Å²) in [5.74, 6) is 0.311. The van der Waals surface area contributed by atoms with Crippen molar-refractivity contribution in [3.63, 3.8) is 0 Å². The number of nitrogens with zero attached hydrogens (tertiary/aromatic N) is 4. The van der Waals surface area contributed by atoms with Crippen molar-refractivity contribution < 1.29 is 21.8 Å². The third kappa shape index (κ3) is 5.64. The van der Waals surface area contributed by atoms with Crippen molar-refractivity contribution >= 4 is 24.3 Å². The fraction of sp³-hybridized carbons (Fsp3) is 0.783. The fourth-order valence-electron chi connectivity index (χ4n) is 4.36. The lowest BCUT2D eigenvalue weighted by atomic mass is 9.92. The maximum absolute atomic E-state index is 13.3. The summed E-state index contributed by atoms with van der Waals surface area (Å²) in [4.78, 5) is 32.2. The highest BCUT2D eigenvalue weighted by Gasteiger charge is 2.68. The smallest absolute Gasteiger partial charge is 0.332 e. The van der Waals surface area contributed by atoms with Crippen LogP contribution >= 0.6 is 0 Å². The molecule has 0 spiro atoms. The summed E-state index contributed by atoms with van der Waals surface area (Å²) in [7, 11) is -1.37. The van der Waals surface area contributed by atoms with E-state index in [-0.39, 0.29) is 11.6 Å². The molecule has 0 aromatic carbocycles. The minimum atomic E-state index is -4.03. The summed E-state index contributed by atoms with van der Waals surface area (Å²) in [6.07, 6.45) is -0.527. The highest BCUT2D eigenvalue weighted by Crippen LogP contribution is 2.49. The molecule has 1 aromatic rings. The number of aromatic nitrogens is 2. The van der Waals surface area contributed by atoms with Gasteiger partial charge in [0.2, 0.25) is 5.60 Å². The van der Waals surface area contributed by atoms with Crippen molar-refractivity contribution in [2.24, 2.45) is 12.0 Å². The van der Waals surface area contributed by atoms with Crippen LogP contribution in [-0.4, -0.2) is 94.4 Å². The number of aryl methyl sites for hydroxylation is 1. The number of hydrogen-bond acceptors (Lipinski definition) is 10. The van der Waals surface area contributed by atoms with Gasteiger partial charge in [0.1, 0.15) is 18.0 Å². The van der Waals surface area contributed by atoms with Crippen molar-refractivity contribution in [3.05, 3.63) is 32.6 Å². The number of rotatable bonds is 8. The third-order valence-corrected chi connectivity index (χ3v) is 12.4. The SMILES string of the molecule is Cc1cn([C@@H]2O[C@@H]3CN=C(NCCN(C)C)[C@]3(OS(C)(=O)=O)[C@H]2O[Si](C)(C)C(C)(C)C)c(=O)n(C)c1=O. The Kier molecular flexibility index (Phi) is 8.06. The van der Waals surface area contributed by atoms with Gasteiger partial charge in [-0.05, 0) is 39.2 Å². The standard InChI is InChI=1S/C23H41N5O7SSi/c1-15-14-28(21(30)27(7)18(15)29)19-17(34-37(9,10)22(2,3)4)23(35-36(8,31)32)16(33-19)13-25-20(23)24-11-12-26(5)6/h14,16-17,19H,11-13H2,1-10H3,(H,24,25)/t16-,17+,19-,23-/m1/s1. The zero-order valence-corrected chi connectivity index (χ0v) is 25.3. The van der Waals surface area contributed by atoms with E-state index in [1.165, 1.54) is 17.8 Å². The number of fused-ring (bicyclic) bond motifs is 1. The van der Waals surface area contributed by atoms with Crippen LogP contribution in [-0.2, 0) is 30.5 Å². The third-order valence-electron chi connectivity index (χ3n) is 7.37. The van der Waals surface area contributed by atoms with Crippen molar-refractivity contribution in [2.75, 3.05) is 40.0 Å². The Bertz CT molecular complexity index is 1280. The summed E-state index contributed by atoms with van der Waals surface area (Å²) < 4.78 is 46.8. The quantitative estimate of drug-likeness (QED) is 0.355. The molecule has 0 unspecified atom stereocenters. The molecule has 1 fully saturated rings. The van der Waals surface area contributed by atoms with Gasteiger partial charge in [-0.25, -0.2) is 8.98 Å². The minimum absolute atomic E-state index is 0.118. The number of aliphatic imine (C=N–C) groups is 1. The Morgan fingerprint density at radius 1 is 1.30 bits per heavy atom. The topological polar surface area (TPSA) is 133 Å². The predicted molar refractivity (Wildman–Crippen MR) is 144 cm³/mol. The van der Waals surface area contributed by atoms with Crippen molar-refractivity contribution in [1.82, 2.24) is 19.4 Å². The second kappa shape index (κ2) is 10.0. The molecule has 2 aliphatic rings. The first-order valence-corrected chi connectivity index (χ1v) is 17.0. The van der Waals surface area contributed by atoms with Gasteiger partial charge in [-0.2, -0.15) is 8.42 Å². The maximum atomic E-state index is 13.3. The lowest BCUT2D eigenvalue weighted by Crippen LogP contribution is -2.63. The van der Waals surface area contributed by atoms with E-state index < -0.39 is 53.7 Å². The van der Waals surface area contributed by atoms with Crippen LogP contribution in [0.2, 0.25) is 18.1 Å². The van der Waals surface area contributed by atoms with Gasteiger partial charge in [-0.1, -0.05) is 20.8 Å². The number of hydrogen-bond donors (Lipinski definition) is 1. The average molecular weight is 560 g/mol. The fourth-order valence-corrected chi connectivity index (χ4v) is 6.42. The van der Waals surface area contributed by atoms with Gasteiger partial charge < -0.3 is 19.4 Å². The highest BCUT2D eigenvalue weighted by atomic mass is 32.2. The molecule has 1 saturated heterocycles. The zero-order chi connectivity index (χ0) is 28.1. The molecule has 1 N–H and O–H groups in total. The minimum Gasteiger partial charge on any atom is -0.406 e. The maximum Gasteiger partial charge on any atom is 0.332 e. The van der Waals surface area contributed by atoms with Crippen LogP contribution in [0.3, 0.4) is 0 Å². The molecule has 14 heteroatoms. The van der Waals surface area contributed by atoms with Crippen LogP contribution in [0.4, 0.5) is 0 Å². The number of nitrogens with one attached hydrogen (secondary N) is 1. The lowest BCUT2D eigenvalue weighted by molar-refractivity contribution is -0.0342. The summed E-state index contributed by atoms with van der Waals surface area (Å²) in [5, 5.41) is 3.00. The largest absolute Gasteiger partial charge is 0.406 e. The molecule has 3 heterocycles. The first kappa shape index (κ1) is 29.7. The van der Waals surface area contributed by atoms with Crippen LogP contribution in [0.25, 0.3) is 0 Å². The van der Waals surface area contributed by atoms with E-state index in [4.69, 9.17) is 13.3 Å². The molecule has 3 rings (SSSR count). The summed E-state index contributed by atoms with van der Waals surface area (Å²) in [6, 6.07) is 0. The van der Waals surface area contributed by atoms with E-state index in [9.17, 15) is 18.0 Å². The van der Waals surface area contributed by atoms with Gasteiger partial charge in [-0.15, -0.1) is 0 Å². The Morgan fingerprint density at radius 3 is 2.46 bits per heavy atom. The van der Waals surface area contributed by atoms with Gasteiger partial charge in [0.15, 0.2) is 14.5 Å². The first-order chi connectivity index (χ1) is 16.8. The Balaban J connectivity index is 2.24. The summed E-state index contributed by atoms with van der Waals surface area (Å²) >= 11 is 0. The van der Waals surface area contributed by atoms with E-state index in [1.54, 1.807) is 6.92 Å². The molecule has 2 aliphatic heterocycles. The molecule has 0 aliphatic carbocycles. The highest BCUT2D eigenvalue weighted by molar-refractivity contribution is 7.86. The van der Waals surface area contributed by atoms with E-state index in [1.807, 2.05) is 32.1 Å². The molecule has 12 nitrogen and oxygen atoms in total. The van der Waals surface area contributed by atoms with E-state index in [2.05, 4.69) is 31.1 Å². The zero-order valence-electron chi connectivity index (χ0n) is 23.5. The van der Waals surface area contributed by atoms with Gasteiger partial charge >= 0.3 is 5.69 Å². The van der Waals surface area contributed by atoms with Crippen LogP contribution in [0, 0.1) is 6.92 Å². The molecule has 37 heavy (non-hydrogen) atoms. The van der Waals surface area contributed by atoms with Gasteiger partial charge in [0.25, 0.3) is 15.7 Å². The van der Waals surface area contributed by atoms with Crippen molar-refractivity contribution in [1.29, 1.82) is 0 Å². The lowest BCUT2D eigenvalue weighted by Gasteiger charge is -2.43. The number of likely N-dealkylation sites (N-methyl/N-ethyl adjacent to an activating group) is 1. The van der Waals surface area contributed by atoms with Gasteiger partial charge in [-0.3, -0.25) is 18.9 Å². The Labute approximate surface area is 219 Å². The van der Waals surface area contributed by atoms with Crippen molar-refractivity contribution in [2.45, 2.75) is 69.9 Å². The Morgan fingerprint density at radius 2 is 1.92 bits per heavy atom. The first-order valence-electron chi connectivity index (χ1n) is 12.3. The molecule has 1 aromatic heterocycles. The van der Waals surface area contributed by atoms with E-state index >= 15 is 0 Å². The molecule has 0 amide bonds. The van der Waals surface area contributed by atoms with Crippen LogP contribution in [0.15, 0.2) is 20.8 Å². The summed E-state index contributed by atoms with van der Waals surface area (Å²) in [5.41, 5.74) is -2.32. The van der Waals surface area contributed by atoms with Crippen molar-refractivity contribution in [3.8, 4) is 0 Å². The van der Waals surface area contributed by atoms with Gasteiger partial charge in [0.05, 0.1) is 12.8 Å². The second-order valence-electron chi connectivity index (χ2n) is 11.7. The molecule has 0 bridgehead atoms. The molecule has 0 radical (unpaired) electrons. The van der Waals surface area contributed by atoms with Crippen LogP contribution in [0.1, 0.15) is 32.6 Å². The number of amidine groups is 1. The van der Waals surface area contributed by atoms with E-state index in [0.717, 1.165) is 10.8 Å². The second-order valence-corrected chi connectivity index (χ2v) is 18.0. The molecule has 0 saturated carbocycles. The Hall–Kier alpha value is -1.84. The predicted octanol–water partition coefficient (Wildman–Crippen LogP) is 0.422. The molecule has 210 valence electrons. The normalized spacial score (nSPS) is 26.5. The number of ether oxygens (including phenoxy) is 1. The van der Waals surface area contributed by atoms with E-state index in [0.29, 0.717) is 24.5 Å². The van der Waals surface area contributed by atoms with Crippen LogP contribution < -0.4 is 16.6 Å². The molecular formula is C23H41N5O7SSi. The van der Waals surface area contributed by atoms with Crippen LogP contribution in [0.5, 0.6) is 0 Å². The summed E-state index contributed by atoms with van der Waals surface area (Å²) in [6.45, 7) is 13.1. The molecular weight excluding hydrogens is 518 g/mol. The molecule has 4 atom stereocenters. The average Bonchev–Trinajstić information content (AvgIpc) is 3.21. The van der Waals surface area contributed by atoms with Gasteiger partial charge in [0, 0.05) is 31.9 Å². The monoisotopic (exact) mass is 559 g/mol.